The molecule has 1 atom stereocenters. The van der Waals surface area contributed by atoms with Gasteiger partial charge >= 0.3 is 0 Å². The summed E-state index contributed by atoms with van der Waals surface area (Å²) in [6.07, 6.45) is 1.03. The summed E-state index contributed by atoms with van der Waals surface area (Å²) in [4.78, 5) is 27.6. The van der Waals surface area contributed by atoms with Crippen LogP contribution >= 0.6 is 39.1 Å². The molecule has 2 aromatic rings. The van der Waals surface area contributed by atoms with E-state index in [9.17, 15) is 18.0 Å². The number of carbonyl (C=O) groups excluding carboxylic acids is 2. The number of nitrogens with zero attached hydrogens (tertiary/aromatic N) is 2. The monoisotopic (exact) mass is 591 g/mol. The molecule has 0 radical (unpaired) electrons. The number of amides is 2. The summed E-state index contributed by atoms with van der Waals surface area (Å²) in [5.41, 5.74) is 1.74. The number of aryl methyl sites for hydroxylation is 1. The van der Waals surface area contributed by atoms with Crippen molar-refractivity contribution in [3.63, 3.8) is 0 Å². The molecule has 1 unspecified atom stereocenters. The maximum atomic E-state index is 13.5. The number of nitrogens with one attached hydrogen (secondary N) is 1. The predicted octanol–water partition coefficient (Wildman–Crippen LogP) is 4.77. The Labute approximate surface area is 219 Å². The predicted molar refractivity (Wildman–Crippen MR) is 141 cm³/mol. The molecule has 0 heterocycles. The third kappa shape index (κ3) is 7.60. The van der Waals surface area contributed by atoms with E-state index < -0.39 is 28.5 Å². The molecule has 0 aliphatic carbocycles. The van der Waals surface area contributed by atoms with Crippen LogP contribution in [0.15, 0.2) is 40.9 Å². The lowest BCUT2D eigenvalue weighted by molar-refractivity contribution is -0.139. The van der Waals surface area contributed by atoms with E-state index >= 15 is 0 Å². The molecule has 0 aromatic heterocycles. The van der Waals surface area contributed by atoms with Crippen LogP contribution in [0, 0.1) is 6.92 Å². The van der Waals surface area contributed by atoms with Gasteiger partial charge in [-0.1, -0.05) is 45.2 Å². The van der Waals surface area contributed by atoms with Gasteiger partial charge in [0.05, 0.1) is 11.9 Å². The molecule has 11 heteroatoms. The number of hydrogen-bond donors (Lipinski definition) is 1. The topological polar surface area (TPSA) is 86.8 Å². The summed E-state index contributed by atoms with van der Waals surface area (Å²) in [5, 5.41) is 3.57. The van der Waals surface area contributed by atoms with Crippen molar-refractivity contribution in [3.05, 3.63) is 62.0 Å². The zero-order chi connectivity index (χ0) is 25.8. The number of hydrogen-bond acceptors (Lipinski definition) is 4. The van der Waals surface area contributed by atoms with Crippen LogP contribution in [-0.2, 0) is 26.2 Å². The van der Waals surface area contributed by atoms with E-state index in [1.807, 2.05) is 20.8 Å². The van der Waals surface area contributed by atoms with Gasteiger partial charge in [-0.05, 0) is 69.2 Å². The lowest BCUT2D eigenvalue weighted by Crippen LogP contribution is -2.52. The lowest BCUT2D eigenvalue weighted by Gasteiger charge is -2.32. The van der Waals surface area contributed by atoms with Gasteiger partial charge in [0, 0.05) is 27.1 Å². The van der Waals surface area contributed by atoms with Crippen LogP contribution < -0.4 is 9.62 Å². The van der Waals surface area contributed by atoms with Crippen molar-refractivity contribution >= 4 is 66.7 Å². The minimum Gasteiger partial charge on any atom is -0.352 e. The Morgan fingerprint density at radius 3 is 2.26 bits per heavy atom. The second kappa shape index (κ2) is 11.7. The highest BCUT2D eigenvalue weighted by Crippen LogP contribution is 2.26. The minimum absolute atomic E-state index is 0.00150. The lowest BCUT2D eigenvalue weighted by atomic mass is 10.1. The molecule has 0 aliphatic heterocycles. The summed E-state index contributed by atoms with van der Waals surface area (Å²) >= 11 is 15.7. The molecule has 2 rings (SSSR count). The number of rotatable bonds is 9. The molecule has 0 bridgehead atoms. The molecule has 34 heavy (non-hydrogen) atoms. The molecular formula is C23H28BrCl2N3O4S. The van der Waals surface area contributed by atoms with Crippen molar-refractivity contribution in [3.8, 4) is 0 Å². The fraction of sp³-hybridized carbons (Fsp3) is 0.391. The van der Waals surface area contributed by atoms with E-state index in [-0.39, 0.29) is 18.5 Å². The van der Waals surface area contributed by atoms with Crippen LogP contribution in [0.4, 0.5) is 5.69 Å². The second-order valence-electron chi connectivity index (χ2n) is 8.30. The van der Waals surface area contributed by atoms with Crippen LogP contribution in [0.3, 0.4) is 0 Å². The average molecular weight is 593 g/mol. The molecular weight excluding hydrogens is 565 g/mol. The van der Waals surface area contributed by atoms with Crippen molar-refractivity contribution in [2.24, 2.45) is 0 Å². The standard InChI is InChI=1S/C23H28BrCl2N3O4S/c1-14(2)27-23(31)16(4)28(12-17-6-7-18(25)11-21(17)26)22(30)13-29(34(5,32)33)19-8-9-20(24)15(3)10-19/h6-11,14,16H,12-13H2,1-5H3,(H,27,31). The SMILES string of the molecule is Cc1cc(N(CC(=O)N(Cc2ccc(Cl)cc2Cl)C(C)C(=O)NC(C)C)S(C)(=O)=O)ccc1Br. The first-order valence-corrected chi connectivity index (χ1v) is 13.9. The Balaban J connectivity index is 2.44. The molecule has 0 saturated carbocycles. The van der Waals surface area contributed by atoms with Crippen molar-refractivity contribution in [1.29, 1.82) is 0 Å². The van der Waals surface area contributed by atoms with Gasteiger partial charge in [0.15, 0.2) is 0 Å². The highest BCUT2D eigenvalue weighted by molar-refractivity contribution is 9.10. The zero-order valence-corrected chi connectivity index (χ0v) is 23.5. The van der Waals surface area contributed by atoms with E-state index in [1.54, 1.807) is 43.3 Å². The Morgan fingerprint density at radius 2 is 1.74 bits per heavy atom. The van der Waals surface area contributed by atoms with Crippen molar-refractivity contribution in [2.75, 3.05) is 17.1 Å². The van der Waals surface area contributed by atoms with Crippen LogP contribution in [0.1, 0.15) is 31.9 Å². The molecule has 0 fully saturated rings. The maximum Gasteiger partial charge on any atom is 0.244 e. The summed E-state index contributed by atoms with van der Waals surface area (Å²) in [6, 6.07) is 8.85. The second-order valence-corrected chi connectivity index (χ2v) is 11.9. The smallest absolute Gasteiger partial charge is 0.244 e. The van der Waals surface area contributed by atoms with E-state index in [4.69, 9.17) is 23.2 Å². The first-order chi connectivity index (χ1) is 15.7. The number of halogens is 3. The van der Waals surface area contributed by atoms with Crippen molar-refractivity contribution < 1.29 is 18.0 Å². The quantitative estimate of drug-likeness (QED) is 0.454. The molecule has 2 aromatic carbocycles. The van der Waals surface area contributed by atoms with Crippen LogP contribution in [0.2, 0.25) is 10.0 Å². The fourth-order valence-electron chi connectivity index (χ4n) is 3.22. The molecule has 7 nitrogen and oxygen atoms in total. The first-order valence-electron chi connectivity index (χ1n) is 10.5. The minimum atomic E-state index is -3.80. The molecule has 0 aliphatic rings. The van der Waals surface area contributed by atoms with Gasteiger partial charge in [-0.2, -0.15) is 0 Å². The summed E-state index contributed by atoms with van der Waals surface area (Å²) in [7, 11) is -3.80. The van der Waals surface area contributed by atoms with Gasteiger partial charge in [0.1, 0.15) is 12.6 Å². The number of sulfonamides is 1. The number of benzene rings is 2. The summed E-state index contributed by atoms with van der Waals surface area (Å²) in [6.45, 7) is 6.56. The number of carbonyl (C=O) groups is 2. The molecule has 2 amide bonds. The molecule has 1 N–H and O–H groups in total. The Kier molecular flexibility index (Phi) is 9.82. The first kappa shape index (κ1) is 28.4. The Bertz CT molecular complexity index is 1170. The van der Waals surface area contributed by atoms with Gasteiger partial charge in [-0.15, -0.1) is 0 Å². The number of anilines is 1. The van der Waals surface area contributed by atoms with Gasteiger partial charge < -0.3 is 10.2 Å². The highest BCUT2D eigenvalue weighted by atomic mass is 79.9. The van der Waals surface area contributed by atoms with Gasteiger partial charge in [-0.25, -0.2) is 8.42 Å². The third-order valence-electron chi connectivity index (χ3n) is 5.06. The van der Waals surface area contributed by atoms with Gasteiger partial charge in [-0.3, -0.25) is 13.9 Å². The Hall–Kier alpha value is -1.81. The maximum absolute atomic E-state index is 13.5. The summed E-state index contributed by atoms with van der Waals surface area (Å²) in [5.74, 6) is -0.915. The van der Waals surface area contributed by atoms with Crippen LogP contribution in [0.25, 0.3) is 0 Å². The van der Waals surface area contributed by atoms with Crippen molar-refractivity contribution in [1.82, 2.24) is 10.2 Å². The van der Waals surface area contributed by atoms with Gasteiger partial charge in [0.2, 0.25) is 21.8 Å². The van der Waals surface area contributed by atoms with E-state index in [0.29, 0.717) is 21.3 Å². The van der Waals surface area contributed by atoms with Crippen LogP contribution in [0.5, 0.6) is 0 Å². The normalized spacial score (nSPS) is 12.4. The van der Waals surface area contributed by atoms with E-state index in [1.165, 1.54) is 4.90 Å². The highest BCUT2D eigenvalue weighted by Gasteiger charge is 2.30. The third-order valence-corrected chi connectivity index (χ3v) is 7.68. The Morgan fingerprint density at radius 1 is 1.09 bits per heavy atom. The molecule has 0 spiro atoms. The zero-order valence-electron chi connectivity index (χ0n) is 19.6. The van der Waals surface area contributed by atoms with E-state index in [2.05, 4.69) is 21.2 Å². The van der Waals surface area contributed by atoms with E-state index in [0.717, 1.165) is 20.6 Å². The summed E-state index contributed by atoms with van der Waals surface area (Å²) < 4.78 is 27.1. The molecule has 186 valence electrons. The largest absolute Gasteiger partial charge is 0.352 e. The fourth-order valence-corrected chi connectivity index (χ4v) is 4.78. The van der Waals surface area contributed by atoms with Gasteiger partial charge in [0.25, 0.3) is 0 Å². The molecule has 0 saturated heterocycles. The van der Waals surface area contributed by atoms with Crippen LogP contribution in [-0.4, -0.2) is 50.0 Å². The average Bonchev–Trinajstić information content (AvgIpc) is 2.71. The van der Waals surface area contributed by atoms with Crippen molar-refractivity contribution in [2.45, 2.75) is 46.3 Å².